The van der Waals surface area contributed by atoms with E-state index in [0.29, 0.717) is 10.3 Å². The molecule has 1 aliphatic heterocycles. The number of hydrogen-bond donors (Lipinski definition) is 2. The van der Waals surface area contributed by atoms with Crippen LogP contribution in [0.2, 0.25) is 0 Å². The number of anilines is 1. The Morgan fingerprint density at radius 2 is 2.29 bits per heavy atom. The minimum absolute atomic E-state index is 0.157. The number of H-pyrrole nitrogens is 1. The van der Waals surface area contributed by atoms with Crippen molar-refractivity contribution >= 4 is 21.7 Å². The summed E-state index contributed by atoms with van der Waals surface area (Å²) < 4.78 is 0.466. The molecule has 0 amide bonds. The van der Waals surface area contributed by atoms with Crippen LogP contribution in [-0.2, 0) is 0 Å². The molecule has 1 aromatic rings. The van der Waals surface area contributed by atoms with Crippen LogP contribution in [0.5, 0.6) is 0 Å². The molecule has 0 aromatic carbocycles. The second-order valence-corrected chi connectivity index (χ2v) is 5.24. The molecule has 1 unspecified atom stereocenters. The molecule has 2 rings (SSSR count). The number of aromatic nitrogens is 2. The van der Waals surface area contributed by atoms with Gasteiger partial charge in [-0.2, -0.15) is 0 Å². The fraction of sp³-hybridized carbons (Fsp3) is 0.636. The fourth-order valence-electron chi connectivity index (χ4n) is 2.12. The van der Waals surface area contributed by atoms with Gasteiger partial charge in [-0.1, -0.05) is 0 Å². The van der Waals surface area contributed by atoms with Crippen molar-refractivity contribution in [1.29, 1.82) is 0 Å². The summed E-state index contributed by atoms with van der Waals surface area (Å²) in [5.41, 5.74) is -0.157. The van der Waals surface area contributed by atoms with Gasteiger partial charge in [-0.05, 0) is 48.8 Å². The van der Waals surface area contributed by atoms with E-state index in [-0.39, 0.29) is 11.6 Å². The van der Waals surface area contributed by atoms with E-state index >= 15 is 0 Å². The van der Waals surface area contributed by atoms with Crippen molar-refractivity contribution in [3.05, 3.63) is 21.2 Å². The summed E-state index contributed by atoms with van der Waals surface area (Å²) in [7, 11) is 0. The minimum atomic E-state index is -0.157. The van der Waals surface area contributed by atoms with E-state index in [1.165, 1.54) is 32.3 Å². The van der Waals surface area contributed by atoms with Gasteiger partial charge in [-0.3, -0.25) is 4.79 Å². The Balaban J connectivity index is 1.95. The maximum atomic E-state index is 11.4. The molecule has 1 saturated heterocycles. The summed E-state index contributed by atoms with van der Waals surface area (Å²) >= 11 is 3.24. The molecule has 2 heterocycles. The van der Waals surface area contributed by atoms with Crippen LogP contribution in [0, 0.1) is 0 Å². The number of aromatic amines is 1. The van der Waals surface area contributed by atoms with Gasteiger partial charge in [0.25, 0.3) is 5.56 Å². The normalized spacial score (nSPS) is 18.2. The average molecular weight is 301 g/mol. The van der Waals surface area contributed by atoms with Gasteiger partial charge < -0.3 is 15.2 Å². The zero-order valence-corrected chi connectivity index (χ0v) is 11.5. The highest BCUT2D eigenvalue weighted by atomic mass is 79.9. The molecule has 17 heavy (non-hydrogen) atoms. The van der Waals surface area contributed by atoms with E-state index < -0.39 is 0 Å². The van der Waals surface area contributed by atoms with Crippen LogP contribution in [0.1, 0.15) is 19.8 Å². The highest BCUT2D eigenvalue weighted by molar-refractivity contribution is 9.10. The molecule has 0 aliphatic carbocycles. The van der Waals surface area contributed by atoms with Crippen LogP contribution >= 0.6 is 15.9 Å². The highest BCUT2D eigenvalue weighted by Gasteiger charge is 2.15. The zero-order valence-electron chi connectivity index (χ0n) is 9.87. The molecule has 1 atom stereocenters. The molecule has 1 aromatic heterocycles. The van der Waals surface area contributed by atoms with Crippen LogP contribution in [0.15, 0.2) is 15.6 Å². The second kappa shape index (κ2) is 5.64. The first-order valence-corrected chi connectivity index (χ1v) is 6.68. The number of nitrogens with zero attached hydrogens (tertiary/aromatic N) is 2. The van der Waals surface area contributed by atoms with Gasteiger partial charge in [0, 0.05) is 12.6 Å². The highest BCUT2D eigenvalue weighted by Crippen LogP contribution is 2.15. The average Bonchev–Trinajstić information content (AvgIpc) is 2.77. The topological polar surface area (TPSA) is 61.0 Å². The summed E-state index contributed by atoms with van der Waals surface area (Å²) in [4.78, 5) is 20.4. The summed E-state index contributed by atoms with van der Waals surface area (Å²) in [6, 6.07) is 0.277. The lowest BCUT2D eigenvalue weighted by Crippen LogP contribution is -2.33. The molecule has 6 heteroatoms. The van der Waals surface area contributed by atoms with Crippen LogP contribution in [0.3, 0.4) is 0 Å². The summed E-state index contributed by atoms with van der Waals surface area (Å²) in [5, 5.41) is 3.26. The number of likely N-dealkylation sites (tertiary alicyclic amines) is 1. The van der Waals surface area contributed by atoms with Crippen molar-refractivity contribution in [2.45, 2.75) is 25.8 Å². The van der Waals surface area contributed by atoms with Crippen molar-refractivity contribution < 1.29 is 0 Å². The maximum Gasteiger partial charge on any atom is 0.267 e. The van der Waals surface area contributed by atoms with E-state index in [1.807, 2.05) is 0 Å². The third-order valence-corrected chi connectivity index (χ3v) is 3.65. The quantitative estimate of drug-likeness (QED) is 0.883. The van der Waals surface area contributed by atoms with Crippen LogP contribution < -0.4 is 10.9 Å². The fourth-order valence-corrected chi connectivity index (χ4v) is 2.45. The van der Waals surface area contributed by atoms with E-state index in [4.69, 9.17) is 0 Å². The second-order valence-electron chi connectivity index (χ2n) is 4.45. The Labute approximate surface area is 109 Å². The first-order chi connectivity index (χ1) is 8.16. The molecular formula is C11H17BrN4O. The maximum absolute atomic E-state index is 11.4. The van der Waals surface area contributed by atoms with Gasteiger partial charge in [-0.15, -0.1) is 0 Å². The predicted octanol–water partition coefficient (Wildman–Crippen LogP) is 1.43. The van der Waals surface area contributed by atoms with Gasteiger partial charge in [0.1, 0.15) is 10.3 Å². The van der Waals surface area contributed by atoms with Crippen LogP contribution in [0.25, 0.3) is 0 Å². The third kappa shape index (κ3) is 3.29. The lowest BCUT2D eigenvalue weighted by atomic mass is 10.3. The van der Waals surface area contributed by atoms with Gasteiger partial charge in [0.05, 0.1) is 6.33 Å². The Kier molecular flexibility index (Phi) is 4.17. The standard InChI is InChI=1S/C11H17BrN4O/c1-8(6-16-4-2-3-5-16)15-10-9(12)11(17)14-7-13-10/h7-8H,2-6H2,1H3,(H2,13,14,15,17). The van der Waals surface area contributed by atoms with Crippen LogP contribution in [-0.4, -0.2) is 40.5 Å². The molecule has 94 valence electrons. The molecule has 5 nitrogen and oxygen atoms in total. The summed E-state index contributed by atoms with van der Waals surface area (Å²) in [5.74, 6) is 0.612. The van der Waals surface area contributed by atoms with Crippen molar-refractivity contribution in [2.75, 3.05) is 25.0 Å². The SMILES string of the molecule is CC(CN1CCCC1)Nc1nc[nH]c(=O)c1Br. The molecular weight excluding hydrogens is 284 g/mol. The third-order valence-electron chi connectivity index (χ3n) is 2.91. The number of rotatable bonds is 4. The first-order valence-electron chi connectivity index (χ1n) is 5.89. The van der Waals surface area contributed by atoms with E-state index in [9.17, 15) is 4.79 Å². The molecule has 0 bridgehead atoms. The Morgan fingerprint density at radius 1 is 1.59 bits per heavy atom. The predicted molar refractivity (Wildman–Crippen MR) is 71.3 cm³/mol. The summed E-state index contributed by atoms with van der Waals surface area (Å²) in [6.07, 6.45) is 4.00. The minimum Gasteiger partial charge on any atom is -0.365 e. The van der Waals surface area contributed by atoms with Crippen molar-refractivity contribution in [3.8, 4) is 0 Å². The molecule has 2 N–H and O–H groups in total. The van der Waals surface area contributed by atoms with Gasteiger partial charge in [0.2, 0.25) is 0 Å². The Morgan fingerprint density at radius 3 is 3.00 bits per heavy atom. The monoisotopic (exact) mass is 300 g/mol. The Hall–Kier alpha value is -0.880. The van der Waals surface area contributed by atoms with Gasteiger partial charge >= 0.3 is 0 Å². The zero-order chi connectivity index (χ0) is 12.3. The molecule has 0 spiro atoms. The van der Waals surface area contributed by atoms with Gasteiger partial charge in [0.15, 0.2) is 0 Å². The molecule has 1 aliphatic rings. The smallest absolute Gasteiger partial charge is 0.267 e. The number of nitrogens with one attached hydrogen (secondary N) is 2. The molecule has 0 saturated carbocycles. The summed E-state index contributed by atoms with van der Waals surface area (Å²) in [6.45, 7) is 5.44. The van der Waals surface area contributed by atoms with Gasteiger partial charge in [-0.25, -0.2) is 4.98 Å². The van der Waals surface area contributed by atoms with Crippen LogP contribution in [0.4, 0.5) is 5.82 Å². The largest absolute Gasteiger partial charge is 0.365 e. The lowest BCUT2D eigenvalue weighted by molar-refractivity contribution is 0.327. The lowest BCUT2D eigenvalue weighted by Gasteiger charge is -2.21. The van der Waals surface area contributed by atoms with E-state index in [0.717, 1.165) is 6.54 Å². The van der Waals surface area contributed by atoms with E-state index in [1.54, 1.807) is 0 Å². The number of halogens is 1. The van der Waals surface area contributed by atoms with E-state index in [2.05, 4.69) is 43.0 Å². The Bertz CT molecular complexity index is 428. The van der Waals surface area contributed by atoms with Crippen molar-refractivity contribution in [3.63, 3.8) is 0 Å². The van der Waals surface area contributed by atoms with Crippen molar-refractivity contribution in [1.82, 2.24) is 14.9 Å². The molecule has 1 fully saturated rings. The first kappa shape index (κ1) is 12.6. The molecule has 0 radical (unpaired) electrons. The van der Waals surface area contributed by atoms with Crippen molar-refractivity contribution in [2.24, 2.45) is 0 Å². The number of hydrogen-bond acceptors (Lipinski definition) is 4.